The molecule has 0 unspecified atom stereocenters. The molecule has 1 nitrogen and oxygen atoms in total. The van der Waals surface area contributed by atoms with E-state index in [-0.39, 0.29) is 0 Å². The van der Waals surface area contributed by atoms with Gasteiger partial charge in [0.25, 0.3) is 0 Å². The Morgan fingerprint density at radius 2 is 2.10 bits per heavy atom. The molecule has 0 aromatic carbocycles. The van der Waals surface area contributed by atoms with Crippen molar-refractivity contribution in [2.24, 2.45) is 11.7 Å². The molecular formula is C9H15N. The van der Waals surface area contributed by atoms with Gasteiger partial charge in [-0.15, -0.1) is 0 Å². The van der Waals surface area contributed by atoms with Crippen molar-refractivity contribution in [1.82, 2.24) is 0 Å². The minimum absolute atomic E-state index is 0.491. The number of allylic oxidation sites excluding steroid dienone is 1. The van der Waals surface area contributed by atoms with E-state index < -0.39 is 0 Å². The minimum Gasteiger partial charge on any atom is -0.327 e. The summed E-state index contributed by atoms with van der Waals surface area (Å²) in [5, 5.41) is 0. The highest BCUT2D eigenvalue weighted by Crippen LogP contribution is 2.35. The van der Waals surface area contributed by atoms with E-state index in [1.807, 2.05) is 0 Å². The van der Waals surface area contributed by atoms with Gasteiger partial charge in [-0.05, 0) is 38.0 Å². The van der Waals surface area contributed by atoms with Gasteiger partial charge < -0.3 is 5.73 Å². The van der Waals surface area contributed by atoms with Crippen LogP contribution in [0.3, 0.4) is 0 Å². The van der Waals surface area contributed by atoms with Crippen LogP contribution in [0.15, 0.2) is 11.6 Å². The van der Waals surface area contributed by atoms with E-state index in [0.717, 1.165) is 5.92 Å². The fraction of sp³-hybridized carbons (Fsp3) is 0.778. The zero-order valence-corrected chi connectivity index (χ0v) is 6.34. The highest BCUT2D eigenvalue weighted by atomic mass is 14.7. The smallest absolute Gasteiger partial charge is 0.0113 e. The normalized spacial score (nSPS) is 31.7. The van der Waals surface area contributed by atoms with Crippen molar-refractivity contribution < 1.29 is 0 Å². The van der Waals surface area contributed by atoms with Gasteiger partial charge in [0.05, 0.1) is 0 Å². The summed E-state index contributed by atoms with van der Waals surface area (Å²) in [6.45, 7) is 0. The van der Waals surface area contributed by atoms with Crippen LogP contribution in [0.25, 0.3) is 0 Å². The molecule has 1 heteroatoms. The quantitative estimate of drug-likeness (QED) is 0.577. The van der Waals surface area contributed by atoms with Crippen molar-refractivity contribution in [3.05, 3.63) is 11.6 Å². The third-order valence-corrected chi connectivity index (χ3v) is 2.49. The van der Waals surface area contributed by atoms with E-state index in [2.05, 4.69) is 6.08 Å². The van der Waals surface area contributed by atoms with Gasteiger partial charge in [-0.2, -0.15) is 0 Å². The summed E-state index contributed by atoms with van der Waals surface area (Å²) in [4.78, 5) is 0. The summed E-state index contributed by atoms with van der Waals surface area (Å²) >= 11 is 0. The van der Waals surface area contributed by atoms with Gasteiger partial charge in [0.2, 0.25) is 0 Å². The first kappa shape index (κ1) is 6.41. The SMILES string of the molecule is NC1CC(=CCC2CC2)C1. The van der Waals surface area contributed by atoms with E-state index in [4.69, 9.17) is 5.73 Å². The maximum atomic E-state index is 5.65. The van der Waals surface area contributed by atoms with Crippen molar-refractivity contribution in [2.45, 2.75) is 38.1 Å². The summed E-state index contributed by atoms with van der Waals surface area (Å²) in [5.74, 6) is 1.05. The van der Waals surface area contributed by atoms with Crippen molar-refractivity contribution in [3.8, 4) is 0 Å². The Morgan fingerprint density at radius 1 is 1.40 bits per heavy atom. The summed E-state index contributed by atoms with van der Waals surface area (Å²) in [6, 6.07) is 0.491. The lowest BCUT2D eigenvalue weighted by Gasteiger charge is -2.25. The molecule has 2 fully saturated rings. The van der Waals surface area contributed by atoms with Gasteiger partial charge >= 0.3 is 0 Å². The molecular weight excluding hydrogens is 122 g/mol. The molecule has 0 aromatic heterocycles. The molecule has 2 N–H and O–H groups in total. The number of nitrogens with two attached hydrogens (primary N) is 1. The fourth-order valence-corrected chi connectivity index (χ4v) is 1.47. The minimum atomic E-state index is 0.491. The highest BCUT2D eigenvalue weighted by molar-refractivity contribution is 5.15. The van der Waals surface area contributed by atoms with Crippen LogP contribution in [0.5, 0.6) is 0 Å². The topological polar surface area (TPSA) is 26.0 Å². The van der Waals surface area contributed by atoms with Gasteiger partial charge in [0.15, 0.2) is 0 Å². The Morgan fingerprint density at radius 3 is 2.60 bits per heavy atom. The summed E-state index contributed by atoms with van der Waals surface area (Å²) in [6.07, 6.45) is 9.04. The Hall–Kier alpha value is -0.300. The van der Waals surface area contributed by atoms with Crippen LogP contribution in [-0.4, -0.2) is 6.04 Å². The Labute approximate surface area is 62.3 Å². The predicted octanol–water partition coefficient (Wildman–Crippen LogP) is 1.83. The second-order valence-corrected chi connectivity index (χ2v) is 3.71. The third kappa shape index (κ3) is 1.40. The molecule has 0 aromatic rings. The lowest BCUT2D eigenvalue weighted by Crippen LogP contribution is -2.30. The first-order valence-electron chi connectivity index (χ1n) is 4.28. The summed E-state index contributed by atoms with van der Waals surface area (Å²) < 4.78 is 0. The molecule has 10 heavy (non-hydrogen) atoms. The first-order chi connectivity index (χ1) is 4.84. The zero-order chi connectivity index (χ0) is 6.97. The van der Waals surface area contributed by atoms with Crippen molar-refractivity contribution in [2.75, 3.05) is 0 Å². The van der Waals surface area contributed by atoms with Gasteiger partial charge in [0.1, 0.15) is 0 Å². The van der Waals surface area contributed by atoms with Crippen LogP contribution in [0.2, 0.25) is 0 Å². The Balaban J connectivity index is 1.71. The predicted molar refractivity (Wildman–Crippen MR) is 42.6 cm³/mol. The van der Waals surface area contributed by atoms with Crippen molar-refractivity contribution in [3.63, 3.8) is 0 Å². The zero-order valence-electron chi connectivity index (χ0n) is 6.34. The van der Waals surface area contributed by atoms with Gasteiger partial charge in [0, 0.05) is 6.04 Å². The standard InChI is InChI=1S/C9H15N/c10-9-5-8(6-9)4-3-7-1-2-7/h4,7,9H,1-3,5-6,10H2. The van der Waals surface area contributed by atoms with Crippen molar-refractivity contribution in [1.29, 1.82) is 0 Å². The van der Waals surface area contributed by atoms with Gasteiger partial charge in [-0.3, -0.25) is 0 Å². The van der Waals surface area contributed by atoms with E-state index in [1.54, 1.807) is 5.57 Å². The molecule has 0 radical (unpaired) electrons. The van der Waals surface area contributed by atoms with Crippen LogP contribution in [0.4, 0.5) is 0 Å². The van der Waals surface area contributed by atoms with Crippen LogP contribution in [0, 0.1) is 5.92 Å². The van der Waals surface area contributed by atoms with Crippen molar-refractivity contribution >= 4 is 0 Å². The van der Waals surface area contributed by atoms with Gasteiger partial charge in [-0.1, -0.05) is 11.6 Å². The van der Waals surface area contributed by atoms with Crippen LogP contribution >= 0.6 is 0 Å². The molecule has 56 valence electrons. The first-order valence-corrected chi connectivity index (χ1v) is 4.28. The Bertz CT molecular complexity index is 148. The van der Waals surface area contributed by atoms with E-state index in [1.165, 1.54) is 32.1 Å². The van der Waals surface area contributed by atoms with E-state index in [0.29, 0.717) is 6.04 Å². The number of hydrogen-bond acceptors (Lipinski definition) is 1. The Kier molecular flexibility index (Phi) is 1.53. The van der Waals surface area contributed by atoms with E-state index >= 15 is 0 Å². The maximum Gasteiger partial charge on any atom is 0.0113 e. The van der Waals surface area contributed by atoms with E-state index in [9.17, 15) is 0 Å². The fourth-order valence-electron chi connectivity index (χ4n) is 1.47. The second kappa shape index (κ2) is 2.39. The van der Waals surface area contributed by atoms with Crippen LogP contribution in [0.1, 0.15) is 32.1 Å². The van der Waals surface area contributed by atoms with Gasteiger partial charge in [-0.25, -0.2) is 0 Å². The number of hydrogen-bond donors (Lipinski definition) is 1. The molecule has 0 saturated heterocycles. The monoisotopic (exact) mass is 137 g/mol. The molecule has 2 saturated carbocycles. The molecule has 2 rings (SSSR count). The lowest BCUT2D eigenvalue weighted by atomic mass is 9.86. The molecule has 2 aliphatic rings. The molecule has 2 aliphatic carbocycles. The molecule has 0 heterocycles. The third-order valence-electron chi connectivity index (χ3n) is 2.49. The average Bonchev–Trinajstić information content (AvgIpc) is 2.60. The molecule has 0 spiro atoms. The second-order valence-electron chi connectivity index (χ2n) is 3.71. The summed E-state index contributed by atoms with van der Waals surface area (Å²) in [7, 11) is 0. The molecule has 0 bridgehead atoms. The van der Waals surface area contributed by atoms with Crippen LogP contribution in [-0.2, 0) is 0 Å². The maximum absolute atomic E-state index is 5.65. The average molecular weight is 137 g/mol. The summed E-state index contributed by atoms with van der Waals surface area (Å²) in [5.41, 5.74) is 7.26. The molecule has 0 aliphatic heterocycles. The largest absolute Gasteiger partial charge is 0.327 e. The lowest BCUT2D eigenvalue weighted by molar-refractivity contribution is 0.537. The van der Waals surface area contributed by atoms with Crippen LogP contribution < -0.4 is 5.73 Å². The molecule has 0 amide bonds. The highest BCUT2D eigenvalue weighted by Gasteiger charge is 2.22. The molecule has 0 atom stereocenters. The number of rotatable bonds is 2.